The van der Waals surface area contributed by atoms with Gasteiger partial charge in [-0.1, -0.05) is 18.2 Å². The molecule has 5 rings (SSSR count). The van der Waals surface area contributed by atoms with Crippen molar-refractivity contribution in [2.24, 2.45) is 0 Å². The van der Waals surface area contributed by atoms with E-state index >= 15 is 0 Å². The number of fused-ring (bicyclic) bond motifs is 2. The summed E-state index contributed by atoms with van der Waals surface area (Å²) in [6.45, 7) is 5.51. The maximum atomic E-state index is 13.1. The summed E-state index contributed by atoms with van der Waals surface area (Å²) in [4.78, 5) is 36.2. The molecule has 0 N–H and O–H groups in total. The summed E-state index contributed by atoms with van der Waals surface area (Å²) in [6.07, 6.45) is 4.39. The zero-order valence-electron chi connectivity index (χ0n) is 17.0. The van der Waals surface area contributed by atoms with E-state index in [9.17, 15) is 9.59 Å². The van der Waals surface area contributed by atoms with Crippen molar-refractivity contribution < 1.29 is 9.59 Å². The molecule has 1 saturated heterocycles. The molecule has 0 aliphatic carbocycles. The van der Waals surface area contributed by atoms with Crippen LogP contribution in [-0.2, 0) is 11.2 Å². The summed E-state index contributed by atoms with van der Waals surface area (Å²) in [5, 5.41) is 4.39. The molecule has 2 aliphatic heterocycles. The van der Waals surface area contributed by atoms with Gasteiger partial charge in [-0.25, -0.2) is 9.50 Å². The predicted octanol–water partition coefficient (Wildman–Crippen LogP) is 1.38. The molecule has 4 heterocycles. The molecule has 8 nitrogen and oxygen atoms in total. The molecule has 8 heteroatoms. The summed E-state index contributed by atoms with van der Waals surface area (Å²) in [6, 6.07) is 9.90. The van der Waals surface area contributed by atoms with Gasteiger partial charge in [-0.05, 0) is 31.0 Å². The fourth-order valence-electron chi connectivity index (χ4n) is 4.39. The maximum absolute atomic E-state index is 13.1. The first-order valence-electron chi connectivity index (χ1n) is 10.3. The minimum absolute atomic E-state index is 0.0411. The molecular weight excluding hydrogens is 380 g/mol. The van der Waals surface area contributed by atoms with Crippen LogP contribution >= 0.6 is 0 Å². The van der Waals surface area contributed by atoms with Crippen molar-refractivity contribution in [2.75, 3.05) is 44.2 Å². The molecule has 1 aromatic carbocycles. The SMILES string of the molecule is Cc1nn2cccnc2c1C(=O)N1CCN(CC(=O)N2CCc3ccccc32)CC1. The van der Waals surface area contributed by atoms with Crippen molar-refractivity contribution in [1.82, 2.24) is 24.4 Å². The average Bonchev–Trinajstić information content (AvgIpc) is 3.34. The van der Waals surface area contributed by atoms with Gasteiger partial charge < -0.3 is 9.80 Å². The average molecular weight is 404 g/mol. The number of hydrogen-bond acceptors (Lipinski definition) is 5. The fraction of sp³-hybridized carbons (Fsp3) is 0.364. The van der Waals surface area contributed by atoms with Gasteiger partial charge in [0.05, 0.1) is 12.2 Å². The van der Waals surface area contributed by atoms with Crippen molar-refractivity contribution in [1.29, 1.82) is 0 Å². The zero-order chi connectivity index (χ0) is 20.7. The van der Waals surface area contributed by atoms with Gasteiger partial charge in [-0.3, -0.25) is 14.5 Å². The Hall–Kier alpha value is -3.26. The standard InChI is InChI=1S/C22H24N6O2/c1-16-20(21-23-8-4-9-28(21)24-16)22(30)26-13-11-25(12-14-26)15-19(29)27-10-7-17-5-2-3-6-18(17)27/h2-6,8-9H,7,10-15H2,1H3. The minimum Gasteiger partial charge on any atom is -0.336 e. The Morgan fingerprint density at radius 3 is 2.67 bits per heavy atom. The first-order valence-corrected chi connectivity index (χ1v) is 10.3. The molecule has 0 bridgehead atoms. The van der Waals surface area contributed by atoms with Crippen LogP contribution in [0, 0.1) is 6.92 Å². The van der Waals surface area contributed by atoms with Crippen molar-refractivity contribution in [2.45, 2.75) is 13.3 Å². The molecule has 3 aromatic rings. The van der Waals surface area contributed by atoms with Crippen molar-refractivity contribution >= 4 is 23.1 Å². The number of nitrogens with zero attached hydrogens (tertiary/aromatic N) is 6. The van der Waals surface area contributed by atoms with Gasteiger partial charge in [-0.2, -0.15) is 5.10 Å². The summed E-state index contributed by atoms with van der Waals surface area (Å²) in [7, 11) is 0. The molecule has 0 spiro atoms. The van der Waals surface area contributed by atoms with E-state index in [1.54, 1.807) is 23.0 Å². The Morgan fingerprint density at radius 2 is 1.83 bits per heavy atom. The van der Waals surface area contributed by atoms with Gasteiger partial charge in [-0.15, -0.1) is 0 Å². The number of piperazine rings is 1. The molecule has 2 aliphatic rings. The van der Waals surface area contributed by atoms with Crippen LogP contribution in [0.5, 0.6) is 0 Å². The number of para-hydroxylation sites is 1. The zero-order valence-corrected chi connectivity index (χ0v) is 17.0. The van der Waals surface area contributed by atoms with Crippen molar-refractivity contribution in [3.05, 3.63) is 59.5 Å². The normalized spacial score (nSPS) is 16.8. The van der Waals surface area contributed by atoms with Crippen LogP contribution in [-0.4, -0.2) is 75.5 Å². The van der Waals surface area contributed by atoms with E-state index in [-0.39, 0.29) is 11.8 Å². The summed E-state index contributed by atoms with van der Waals surface area (Å²) in [5.41, 5.74) is 4.11. The van der Waals surface area contributed by atoms with Gasteiger partial charge in [0.2, 0.25) is 5.91 Å². The fourth-order valence-corrected chi connectivity index (χ4v) is 4.39. The number of aromatic nitrogens is 3. The van der Waals surface area contributed by atoms with E-state index < -0.39 is 0 Å². The van der Waals surface area contributed by atoms with Gasteiger partial charge in [0.15, 0.2) is 5.65 Å². The molecule has 0 atom stereocenters. The summed E-state index contributed by atoms with van der Waals surface area (Å²) >= 11 is 0. The summed E-state index contributed by atoms with van der Waals surface area (Å²) in [5.74, 6) is 0.0862. The van der Waals surface area contributed by atoms with E-state index in [1.165, 1.54) is 5.56 Å². The lowest BCUT2D eigenvalue weighted by molar-refractivity contribution is -0.120. The second kappa shape index (κ2) is 7.53. The molecule has 154 valence electrons. The molecule has 0 saturated carbocycles. The van der Waals surface area contributed by atoms with Gasteiger partial charge in [0.25, 0.3) is 5.91 Å². The molecule has 30 heavy (non-hydrogen) atoms. The van der Waals surface area contributed by atoms with Crippen LogP contribution < -0.4 is 4.90 Å². The number of rotatable bonds is 3. The van der Waals surface area contributed by atoms with Crippen LogP contribution in [0.3, 0.4) is 0 Å². The lowest BCUT2D eigenvalue weighted by Gasteiger charge is -2.35. The second-order valence-corrected chi connectivity index (χ2v) is 7.84. The highest BCUT2D eigenvalue weighted by Gasteiger charge is 2.29. The van der Waals surface area contributed by atoms with Crippen LogP contribution in [0.4, 0.5) is 5.69 Å². The Balaban J connectivity index is 1.22. The Morgan fingerprint density at radius 1 is 1.03 bits per heavy atom. The third kappa shape index (κ3) is 3.23. The lowest BCUT2D eigenvalue weighted by atomic mass is 10.2. The van der Waals surface area contributed by atoms with Gasteiger partial charge in [0.1, 0.15) is 5.56 Å². The van der Waals surface area contributed by atoms with Crippen LogP contribution in [0.25, 0.3) is 5.65 Å². The van der Waals surface area contributed by atoms with E-state index in [2.05, 4.69) is 21.0 Å². The third-order valence-corrected chi connectivity index (χ3v) is 5.99. The van der Waals surface area contributed by atoms with E-state index in [4.69, 9.17) is 0 Å². The highest BCUT2D eigenvalue weighted by atomic mass is 16.2. The van der Waals surface area contributed by atoms with Crippen molar-refractivity contribution in [3.63, 3.8) is 0 Å². The van der Waals surface area contributed by atoms with Gasteiger partial charge >= 0.3 is 0 Å². The topological polar surface area (TPSA) is 74.0 Å². The first kappa shape index (κ1) is 18.7. The predicted molar refractivity (Wildman–Crippen MR) is 113 cm³/mol. The number of benzene rings is 1. The highest BCUT2D eigenvalue weighted by Crippen LogP contribution is 2.27. The Kier molecular flexibility index (Phi) is 4.71. The van der Waals surface area contributed by atoms with Gasteiger partial charge in [0, 0.05) is 50.8 Å². The Labute approximate surface area is 174 Å². The first-order chi connectivity index (χ1) is 14.6. The number of carbonyl (C=O) groups is 2. The second-order valence-electron chi connectivity index (χ2n) is 7.84. The molecule has 0 radical (unpaired) electrons. The summed E-state index contributed by atoms with van der Waals surface area (Å²) < 4.78 is 1.64. The van der Waals surface area contributed by atoms with E-state index in [0.29, 0.717) is 49.6 Å². The molecule has 2 aromatic heterocycles. The maximum Gasteiger partial charge on any atom is 0.259 e. The Bertz CT molecular complexity index is 1120. The molecule has 2 amide bonds. The largest absolute Gasteiger partial charge is 0.336 e. The van der Waals surface area contributed by atoms with Crippen LogP contribution in [0.1, 0.15) is 21.6 Å². The minimum atomic E-state index is -0.0411. The number of amides is 2. The van der Waals surface area contributed by atoms with Crippen molar-refractivity contribution in [3.8, 4) is 0 Å². The molecule has 1 fully saturated rings. The smallest absolute Gasteiger partial charge is 0.259 e. The quantitative estimate of drug-likeness (QED) is 0.660. The number of hydrogen-bond donors (Lipinski definition) is 0. The van der Waals surface area contributed by atoms with Crippen LogP contribution in [0.15, 0.2) is 42.7 Å². The highest BCUT2D eigenvalue weighted by molar-refractivity contribution is 6.01. The lowest BCUT2D eigenvalue weighted by Crippen LogP contribution is -2.51. The number of aryl methyl sites for hydroxylation is 1. The molecular formula is C22H24N6O2. The van der Waals surface area contributed by atoms with E-state index in [0.717, 1.165) is 18.7 Å². The third-order valence-electron chi connectivity index (χ3n) is 5.99. The van der Waals surface area contributed by atoms with E-state index in [1.807, 2.05) is 34.9 Å². The monoisotopic (exact) mass is 404 g/mol. The van der Waals surface area contributed by atoms with Crippen LogP contribution in [0.2, 0.25) is 0 Å². The molecule has 0 unspecified atom stereocenters. The number of anilines is 1. The number of carbonyl (C=O) groups excluding carboxylic acids is 2.